The van der Waals surface area contributed by atoms with E-state index in [2.05, 4.69) is 0 Å². The zero-order valence-corrected chi connectivity index (χ0v) is 4.84. The first-order valence-corrected chi connectivity index (χ1v) is 3.37. The molecule has 44 valence electrons. The van der Waals surface area contributed by atoms with Gasteiger partial charge < -0.3 is 4.79 Å². The highest BCUT2D eigenvalue weighted by Gasteiger charge is 2.46. The van der Waals surface area contributed by atoms with Crippen LogP contribution in [0.3, 0.4) is 0 Å². The summed E-state index contributed by atoms with van der Waals surface area (Å²) in [5.74, 6) is 2.26. The number of rotatable bonds is 1. The molecule has 0 heterocycles. The molecule has 2 aliphatic carbocycles. The van der Waals surface area contributed by atoms with Crippen LogP contribution in [0.15, 0.2) is 0 Å². The molecule has 0 aromatic carbocycles. The van der Waals surface area contributed by atoms with E-state index in [1.165, 1.54) is 19.3 Å². The fraction of sp³-hybridized carbons (Fsp3) is 0.857. The van der Waals surface area contributed by atoms with Gasteiger partial charge in [0.25, 0.3) is 0 Å². The molecule has 1 heteroatoms. The Morgan fingerprint density at radius 1 is 1.38 bits per heavy atom. The maximum atomic E-state index is 10.2. The molecular weight excluding hydrogens is 100 g/mol. The van der Waals surface area contributed by atoms with Crippen LogP contribution in [0.1, 0.15) is 19.3 Å². The Balaban J connectivity index is 1.97. The van der Waals surface area contributed by atoms with Crippen molar-refractivity contribution in [3.8, 4) is 0 Å². The number of hydrogen-bond acceptors (Lipinski definition) is 1. The molecule has 2 rings (SSSR count). The average Bonchev–Trinajstić information content (AvgIpc) is 1.76. The molecule has 2 saturated carbocycles. The first-order chi connectivity index (χ1) is 3.92. The standard InChI is InChI=1S/C7H10O/c8-4-6-3-5-1-2-7(5)6/h4-7H,1-3H2/t5?,6?,7-/m1/s1. The second-order valence-corrected chi connectivity index (χ2v) is 3.04. The summed E-state index contributed by atoms with van der Waals surface area (Å²) in [6, 6.07) is 0. The van der Waals surface area contributed by atoms with Gasteiger partial charge in [0.05, 0.1) is 0 Å². The first kappa shape index (κ1) is 4.54. The molecule has 0 N–H and O–H groups in total. The van der Waals surface area contributed by atoms with E-state index in [0.29, 0.717) is 5.92 Å². The number of aldehydes is 1. The predicted octanol–water partition coefficient (Wildman–Crippen LogP) is 1.23. The second-order valence-electron chi connectivity index (χ2n) is 3.04. The van der Waals surface area contributed by atoms with Crippen LogP contribution in [0, 0.1) is 17.8 Å². The van der Waals surface area contributed by atoms with Crippen molar-refractivity contribution in [2.24, 2.45) is 17.8 Å². The number of carbonyl (C=O) groups is 1. The van der Waals surface area contributed by atoms with E-state index in [1.807, 2.05) is 0 Å². The van der Waals surface area contributed by atoms with Crippen molar-refractivity contribution in [3.63, 3.8) is 0 Å². The summed E-state index contributed by atoms with van der Waals surface area (Å²) in [4.78, 5) is 10.2. The maximum Gasteiger partial charge on any atom is 0.123 e. The van der Waals surface area contributed by atoms with Gasteiger partial charge in [-0.2, -0.15) is 0 Å². The molecule has 0 aromatic rings. The van der Waals surface area contributed by atoms with Crippen LogP contribution >= 0.6 is 0 Å². The van der Waals surface area contributed by atoms with Gasteiger partial charge in [0.1, 0.15) is 6.29 Å². The summed E-state index contributed by atoms with van der Waals surface area (Å²) >= 11 is 0. The van der Waals surface area contributed by atoms with Gasteiger partial charge in [-0.25, -0.2) is 0 Å². The fourth-order valence-corrected chi connectivity index (χ4v) is 1.94. The molecule has 2 fully saturated rings. The number of hydrogen-bond donors (Lipinski definition) is 0. The van der Waals surface area contributed by atoms with Crippen molar-refractivity contribution in [2.75, 3.05) is 0 Å². The Kier molecular flexibility index (Phi) is 0.758. The molecule has 2 aliphatic rings. The Morgan fingerprint density at radius 2 is 2.25 bits per heavy atom. The molecule has 0 bridgehead atoms. The SMILES string of the molecule is O=CC1CC2CC[C@@H]12. The first-order valence-electron chi connectivity index (χ1n) is 3.37. The Morgan fingerprint density at radius 3 is 2.38 bits per heavy atom. The second kappa shape index (κ2) is 1.34. The van der Waals surface area contributed by atoms with E-state index >= 15 is 0 Å². The average molecular weight is 110 g/mol. The van der Waals surface area contributed by atoms with Gasteiger partial charge in [0.2, 0.25) is 0 Å². The number of fused-ring (bicyclic) bond motifs is 1. The highest BCUT2D eigenvalue weighted by molar-refractivity contribution is 5.56. The minimum Gasteiger partial charge on any atom is -0.303 e. The van der Waals surface area contributed by atoms with Gasteiger partial charge in [0, 0.05) is 5.92 Å². The summed E-state index contributed by atoms with van der Waals surface area (Å²) in [7, 11) is 0. The van der Waals surface area contributed by atoms with Crippen LogP contribution in [-0.4, -0.2) is 6.29 Å². The Bertz CT molecular complexity index is 120. The minimum absolute atomic E-state index is 0.466. The zero-order chi connectivity index (χ0) is 5.56. The van der Waals surface area contributed by atoms with Gasteiger partial charge in [0.15, 0.2) is 0 Å². The minimum atomic E-state index is 0.466. The molecule has 0 spiro atoms. The summed E-state index contributed by atoms with van der Waals surface area (Å²) in [5.41, 5.74) is 0. The van der Waals surface area contributed by atoms with Crippen LogP contribution in [-0.2, 0) is 4.79 Å². The normalized spacial score (nSPS) is 50.8. The smallest absolute Gasteiger partial charge is 0.123 e. The lowest BCUT2D eigenvalue weighted by molar-refractivity contribution is -0.124. The lowest BCUT2D eigenvalue weighted by Crippen LogP contribution is -2.44. The molecule has 8 heavy (non-hydrogen) atoms. The highest BCUT2D eigenvalue weighted by atomic mass is 16.1. The molecule has 1 nitrogen and oxygen atoms in total. The third-order valence-electron chi connectivity index (χ3n) is 2.78. The lowest BCUT2D eigenvalue weighted by Gasteiger charge is -2.50. The summed E-state index contributed by atoms with van der Waals surface area (Å²) in [5, 5.41) is 0. The van der Waals surface area contributed by atoms with E-state index in [1.54, 1.807) is 0 Å². The van der Waals surface area contributed by atoms with E-state index in [9.17, 15) is 4.79 Å². The molecule has 0 aromatic heterocycles. The van der Waals surface area contributed by atoms with E-state index < -0.39 is 0 Å². The van der Waals surface area contributed by atoms with Gasteiger partial charge in [-0.3, -0.25) is 0 Å². The third-order valence-corrected chi connectivity index (χ3v) is 2.78. The third kappa shape index (κ3) is 0.355. The van der Waals surface area contributed by atoms with Gasteiger partial charge in [-0.15, -0.1) is 0 Å². The fourth-order valence-electron chi connectivity index (χ4n) is 1.94. The van der Waals surface area contributed by atoms with Crippen molar-refractivity contribution in [3.05, 3.63) is 0 Å². The van der Waals surface area contributed by atoms with Crippen molar-refractivity contribution >= 4 is 6.29 Å². The van der Waals surface area contributed by atoms with E-state index in [4.69, 9.17) is 0 Å². The highest BCUT2D eigenvalue weighted by Crippen LogP contribution is 2.53. The largest absolute Gasteiger partial charge is 0.303 e. The quantitative estimate of drug-likeness (QED) is 0.464. The molecule has 2 unspecified atom stereocenters. The summed E-state index contributed by atoms with van der Waals surface area (Å²) < 4.78 is 0. The molecule has 0 radical (unpaired) electrons. The van der Waals surface area contributed by atoms with Crippen molar-refractivity contribution in [1.82, 2.24) is 0 Å². The van der Waals surface area contributed by atoms with Crippen molar-refractivity contribution in [2.45, 2.75) is 19.3 Å². The van der Waals surface area contributed by atoms with E-state index in [-0.39, 0.29) is 0 Å². The van der Waals surface area contributed by atoms with Crippen molar-refractivity contribution < 1.29 is 4.79 Å². The van der Waals surface area contributed by atoms with Gasteiger partial charge in [-0.1, -0.05) is 0 Å². The van der Waals surface area contributed by atoms with Crippen LogP contribution in [0.25, 0.3) is 0 Å². The zero-order valence-electron chi connectivity index (χ0n) is 4.84. The van der Waals surface area contributed by atoms with Crippen LogP contribution < -0.4 is 0 Å². The molecular formula is C7H10O. The lowest BCUT2D eigenvalue weighted by atomic mass is 9.54. The van der Waals surface area contributed by atoms with Crippen molar-refractivity contribution in [1.29, 1.82) is 0 Å². The molecule has 3 atom stereocenters. The summed E-state index contributed by atoms with van der Waals surface area (Å²) in [6.07, 6.45) is 5.07. The maximum absolute atomic E-state index is 10.2. The Labute approximate surface area is 49.1 Å². The molecule has 0 aliphatic heterocycles. The number of carbonyl (C=O) groups excluding carboxylic acids is 1. The monoisotopic (exact) mass is 110 g/mol. The Hall–Kier alpha value is -0.330. The van der Waals surface area contributed by atoms with Gasteiger partial charge in [-0.05, 0) is 31.1 Å². The summed E-state index contributed by atoms with van der Waals surface area (Å²) in [6.45, 7) is 0. The molecule has 0 saturated heterocycles. The van der Waals surface area contributed by atoms with Crippen LogP contribution in [0.4, 0.5) is 0 Å². The van der Waals surface area contributed by atoms with Crippen LogP contribution in [0.2, 0.25) is 0 Å². The van der Waals surface area contributed by atoms with E-state index in [0.717, 1.165) is 18.1 Å². The molecule has 0 amide bonds. The van der Waals surface area contributed by atoms with Gasteiger partial charge >= 0.3 is 0 Å². The van der Waals surface area contributed by atoms with Crippen LogP contribution in [0.5, 0.6) is 0 Å². The topological polar surface area (TPSA) is 17.1 Å². The predicted molar refractivity (Wildman–Crippen MR) is 30.4 cm³/mol.